The van der Waals surface area contributed by atoms with E-state index in [9.17, 15) is 9.59 Å². The Hall–Kier alpha value is -1.82. The van der Waals surface area contributed by atoms with Gasteiger partial charge in [-0.25, -0.2) is 4.79 Å². The van der Waals surface area contributed by atoms with Crippen LogP contribution in [0.2, 0.25) is 0 Å². The number of nitrogens with one attached hydrogen (secondary N) is 1. The summed E-state index contributed by atoms with van der Waals surface area (Å²) >= 11 is 3.35. The maximum Gasteiger partial charge on any atom is 0.328 e. The molecule has 1 aromatic carbocycles. The normalized spacial score (nSPS) is 10.5. The van der Waals surface area contributed by atoms with Crippen LogP contribution in [0.15, 0.2) is 28.7 Å². The molecule has 1 amide bonds. The number of halogens is 1. The Morgan fingerprint density at radius 1 is 1.45 bits per heavy atom. The SMILES string of the molecule is CCNC(=O)CCOc1ccc(C=CC(=O)O)cc1Br. The fourth-order valence-corrected chi connectivity index (χ4v) is 1.96. The van der Waals surface area contributed by atoms with E-state index >= 15 is 0 Å². The molecular formula is C14H16BrNO4. The third-order valence-electron chi connectivity index (χ3n) is 2.33. The van der Waals surface area contributed by atoms with Crippen LogP contribution in [0.3, 0.4) is 0 Å². The van der Waals surface area contributed by atoms with Crippen molar-refractivity contribution in [3.63, 3.8) is 0 Å². The van der Waals surface area contributed by atoms with Crippen molar-refractivity contribution < 1.29 is 19.4 Å². The van der Waals surface area contributed by atoms with Crippen molar-refractivity contribution in [1.82, 2.24) is 5.32 Å². The molecule has 0 aliphatic carbocycles. The number of amides is 1. The molecule has 2 N–H and O–H groups in total. The number of rotatable bonds is 7. The zero-order chi connectivity index (χ0) is 15.0. The van der Waals surface area contributed by atoms with E-state index in [-0.39, 0.29) is 12.5 Å². The molecule has 0 spiro atoms. The predicted molar refractivity (Wildman–Crippen MR) is 79.6 cm³/mol. The summed E-state index contributed by atoms with van der Waals surface area (Å²) in [6.07, 6.45) is 2.85. The molecule has 0 atom stereocenters. The second-order valence-corrected chi connectivity index (χ2v) is 4.77. The lowest BCUT2D eigenvalue weighted by atomic mass is 10.2. The largest absolute Gasteiger partial charge is 0.492 e. The minimum atomic E-state index is -0.997. The van der Waals surface area contributed by atoms with Crippen LogP contribution < -0.4 is 10.1 Å². The monoisotopic (exact) mass is 341 g/mol. The van der Waals surface area contributed by atoms with Gasteiger partial charge in [-0.3, -0.25) is 4.79 Å². The lowest BCUT2D eigenvalue weighted by Crippen LogP contribution is -2.24. The third-order valence-corrected chi connectivity index (χ3v) is 2.95. The number of carboxylic acids is 1. The number of carboxylic acid groups (broad SMARTS) is 1. The zero-order valence-electron chi connectivity index (χ0n) is 11.1. The highest BCUT2D eigenvalue weighted by molar-refractivity contribution is 9.10. The van der Waals surface area contributed by atoms with Crippen LogP contribution >= 0.6 is 15.9 Å². The minimum Gasteiger partial charge on any atom is -0.492 e. The van der Waals surface area contributed by atoms with Crippen LogP contribution in [-0.4, -0.2) is 30.1 Å². The van der Waals surface area contributed by atoms with E-state index in [4.69, 9.17) is 9.84 Å². The molecule has 1 aromatic rings. The Morgan fingerprint density at radius 3 is 2.80 bits per heavy atom. The van der Waals surface area contributed by atoms with Crippen LogP contribution in [0.25, 0.3) is 6.08 Å². The molecule has 0 saturated carbocycles. The van der Waals surface area contributed by atoms with Gasteiger partial charge in [-0.2, -0.15) is 0 Å². The highest BCUT2D eigenvalue weighted by Crippen LogP contribution is 2.26. The quantitative estimate of drug-likeness (QED) is 0.747. The van der Waals surface area contributed by atoms with Gasteiger partial charge in [-0.05, 0) is 46.6 Å². The number of carbonyl (C=O) groups is 2. The molecule has 0 radical (unpaired) electrons. The van der Waals surface area contributed by atoms with Gasteiger partial charge in [0.25, 0.3) is 0 Å². The van der Waals surface area contributed by atoms with Crippen molar-refractivity contribution in [1.29, 1.82) is 0 Å². The molecule has 1 rings (SSSR count). The molecule has 0 heterocycles. The lowest BCUT2D eigenvalue weighted by Gasteiger charge is -2.08. The molecule has 0 fully saturated rings. The number of hydrogen-bond acceptors (Lipinski definition) is 3. The molecule has 20 heavy (non-hydrogen) atoms. The van der Waals surface area contributed by atoms with E-state index in [0.29, 0.717) is 23.2 Å². The molecule has 0 aromatic heterocycles. The van der Waals surface area contributed by atoms with E-state index in [1.807, 2.05) is 6.92 Å². The second kappa shape index (κ2) is 8.37. The predicted octanol–water partition coefficient (Wildman–Crippen LogP) is 2.45. The summed E-state index contributed by atoms with van der Waals surface area (Å²) in [6, 6.07) is 5.22. The first kappa shape index (κ1) is 16.2. The first-order chi connectivity index (χ1) is 9.52. The van der Waals surface area contributed by atoms with Gasteiger partial charge in [0.2, 0.25) is 5.91 Å². The second-order valence-electron chi connectivity index (χ2n) is 3.91. The van der Waals surface area contributed by atoms with Crippen LogP contribution in [0.5, 0.6) is 5.75 Å². The third kappa shape index (κ3) is 5.88. The van der Waals surface area contributed by atoms with E-state index in [0.717, 1.165) is 11.6 Å². The Bertz CT molecular complexity index is 514. The van der Waals surface area contributed by atoms with Crippen LogP contribution in [0, 0.1) is 0 Å². The number of hydrogen-bond donors (Lipinski definition) is 2. The maximum atomic E-state index is 11.3. The van der Waals surface area contributed by atoms with Gasteiger partial charge in [0.15, 0.2) is 0 Å². The topological polar surface area (TPSA) is 75.6 Å². The Morgan fingerprint density at radius 2 is 2.20 bits per heavy atom. The average Bonchev–Trinajstić information content (AvgIpc) is 2.39. The van der Waals surface area contributed by atoms with Gasteiger partial charge in [0.05, 0.1) is 17.5 Å². The Balaban J connectivity index is 2.56. The summed E-state index contributed by atoms with van der Waals surface area (Å²) in [5.41, 5.74) is 0.746. The Kier molecular flexibility index (Phi) is 6.79. The minimum absolute atomic E-state index is 0.0513. The molecule has 6 heteroatoms. The van der Waals surface area contributed by atoms with Crippen molar-refractivity contribution >= 4 is 33.9 Å². The van der Waals surface area contributed by atoms with E-state index in [1.165, 1.54) is 6.08 Å². The van der Waals surface area contributed by atoms with E-state index in [1.54, 1.807) is 18.2 Å². The summed E-state index contributed by atoms with van der Waals surface area (Å²) < 4.78 is 6.20. The van der Waals surface area contributed by atoms with Gasteiger partial charge >= 0.3 is 5.97 Å². The van der Waals surface area contributed by atoms with Gasteiger partial charge in [0, 0.05) is 12.6 Å². The van der Waals surface area contributed by atoms with Crippen molar-refractivity contribution in [3.8, 4) is 5.75 Å². The van der Waals surface area contributed by atoms with Crippen LogP contribution in [-0.2, 0) is 9.59 Å². The Labute approximate surface area is 125 Å². The highest BCUT2D eigenvalue weighted by Gasteiger charge is 2.04. The van der Waals surface area contributed by atoms with Crippen molar-refractivity contribution in [2.75, 3.05) is 13.2 Å². The molecule has 0 aliphatic heterocycles. The standard InChI is InChI=1S/C14H16BrNO4/c1-2-16-13(17)7-8-20-12-5-3-10(9-11(12)15)4-6-14(18)19/h3-6,9H,2,7-8H2,1H3,(H,16,17)(H,18,19). The smallest absolute Gasteiger partial charge is 0.328 e. The van der Waals surface area contributed by atoms with E-state index in [2.05, 4.69) is 21.2 Å². The summed E-state index contributed by atoms with van der Waals surface area (Å²) in [6.45, 7) is 2.75. The van der Waals surface area contributed by atoms with Crippen molar-refractivity contribution in [3.05, 3.63) is 34.3 Å². The highest BCUT2D eigenvalue weighted by atomic mass is 79.9. The summed E-state index contributed by atoms with van der Waals surface area (Å²) in [5.74, 6) is -0.435. The number of carbonyl (C=O) groups excluding carboxylic acids is 1. The molecule has 0 saturated heterocycles. The summed E-state index contributed by atoms with van der Waals surface area (Å²) in [7, 11) is 0. The average molecular weight is 342 g/mol. The van der Waals surface area contributed by atoms with Crippen molar-refractivity contribution in [2.45, 2.75) is 13.3 Å². The molecule has 0 aliphatic rings. The molecular weight excluding hydrogens is 326 g/mol. The number of benzene rings is 1. The van der Waals surface area contributed by atoms with Gasteiger partial charge in [-0.1, -0.05) is 6.07 Å². The fraction of sp³-hybridized carbons (Fsp3) is 0.286. The zero-order valence-corrected chi connectivity index (χ0v) is 12.6. The molecule has 0 unspecified atom stereocenters. The van der Waals surface area contributed by atoms with Gasteiger partial charge < -0.3 is 15.2 Å². The van der Waals surface area contributed by atoms with Crippen molar-refractivity contribution in [2.24, 2.45) is 0 Å². The lowest BCUT2D eigenvalue weighted by molar-refractivity contribution is -0.131. The first-order valence-corrected chi connectivity index (χ1v) is 6.92. The van der Waals surface area contributed by atoms with Crippen LogP contribution in [0.1, 0.15) is 18.9 Å². The van der Waals surface area contributed by atoms with E-state index < -0.39 is 5.97 Å². The first-order valence-electron chi connectivity index (χ1n) is 6.13. The van der Waals surface area contributed by atoms with Gasteiger partial charge in [-0.15, -0.1) is 0 Å². The maximum absolute atomic E-state index is 11.3. The molecule has 5 nitrogen and oxygen atoms in total. The summed E-state index contributed by atoms with van der Waals surface area (Å²) in [4.78, 5) is 21.7. The number of ether oxygens (including phenoxy) is 1. The molecule has 108 valence electrons. The summed E-state index contributed by atoms with van der Waals surface area (Å²) in [5, 5.41) is 11.2. The van der Waals surface area contributed by atoms with Crippen LogP contribution in [0.4, 0.5) is 0 Å². The van der Waals surface area contributed by atoms with Gasteiger partial charge in [0.1, 0.15) is 5.75 Å². The molecule has 0 bridgehead atoms. The fourth-order valence-electron chi connectivity index (χ4n) is 1.44. The number of aliphatic carboxylic acids is 1.